The first-order chi connectivity index (χ1) is 24.8. The molecule has 1 heteroatoms. The van der Waals surface area contributed by atoms with Crippen molar-refractivity contribution in [3.8, 4) is 22.3 Å². The summed E-state index contributed by atoms with van der Waals surface area (Å²) in [7, 11) is 0. The summed E-state index contributed by atoms with van der Waals surface area (Å²) >= 11 is 0. The molecule has 246 valence electrons. The van der Waals surface area contributed by atoms with Crippen LogP contribution in [0.4, 0.5) is 17.1 Å². The van der Waals surface area contributed by atoms with Crippen LogP contribution in [-0.2, 0) is 5.41 Å². The molecule has 0 amide bonds. The van der Waals surface area contributed by atoms with Crippen molar-refractivity contribution in [2.45, 2.75) is 81.5 Å². The molecule has 0 heterocycles. The molecule has 2 saturated carbocycles. The van der Waals surface area contributed by atoms with Gasteiger partial charge in [-0.3, -0.25) is 0 Å². The zero-order valence-corrected chi connectivity index (χ0v) is 29.0. The quantitative estimate of drug-likeness (QED) is 0.180. The molecule has 0 unspecified atom stereocenters. The van der Waals surface area contributed by atoms with Crippen molar-refractivity contribution in [2.75, 3.05) is 4.90 Å². The van der Waals surface area contributed by atoms with Crippen LogP contribution in [-0.4, -0.2) is 0 Å². The monoisotopic (exact) mass is 647 g/mol. The lowest BCUT2D eigenvalue weighted by atomic mass is 9.70. The highest BCUT2D eigenvalue weighted by Crippen LogP contribution is 2.63. The maximum absolute atomic E-state index is 2.68. The predicted octanol–water partition coefficient (Wildman–Crippen LogP) is 13.6. The van der Waals surface area contributed by atoms with Crippen LogP contribution in [0.2, 0.25) is 0 Å². The van der Waals surface area contributed by atoms with E-state index < -0.39 is 0 Å². The van der Waals surface area contributed by atoms with Crippen molar-refractivity contribution in [1.82, 2.24) is 0 Å². The van der Waals surface area contributed by atoms with Crippen LogP contribution in [0.25, 0.3) is 22.3 Å². The largest absolute Gasteiger partial charge is 0.310 e. The van der Waals surface area contributed by atoms with Gasteiger partial charge in [0.15, 0.2) is 0 Å². The van der Waals surface area contributed by atoms with E-state index in [1.54, 1.807) is 0 Å². The highest BCUT2D eigenvalue weighted by Gasteiger charge is 2.51. The molecule has 1 nitrogen and oxygen atoms in total. The molecule has 0 atom stereocenters. The van der Waals surface area contributed by atoms with Gasteiger partial charge in [0.05, 0.1) is 5.41 Å². The molecule has 0 radical (unpaired) electrons. The number of hydrogen-bond acceptors (Lipinski definition) is 1. The molecule has 4 aliphatic rings. The minimum absolute atomic E-state index is 0.355. The first-order valence-electron chi connectivity index (χ1n) is 19.3. The maximum atomic E-state index is 2.68. The van der Waals surface area contributed by atoms with Gasteiger partial charge in [0.2, 0.25) is 0 Å². The van der Waals surface area contributed by atoms with Crippen molar-refractivity contribution >= 4 is 17.1 Å². The number of rotatable bonds is 5. The molecular formula is C49H45N. The summed E-state index contributed by atoms with van der Waals surface area (Å²) < 4.78 is 0. The summed E-state index contributed by atoms with van der Waals surface area (Å²) in [6.07, 6.45) is 13.2. The van der Waals surface area contributed by atoms with Crippen molar-refractivity contribution in [2.24, 2.45) is 0 Å². The number of fused-ring (bicyclic) bond motifs is 10. The van der Waals surface area contributed by atoms with E-state index in [0.29, 0.717) is 11.8 Å². The second-order valence-electron chi connectivity index (χ2n) is 15.2. The zero-order valence-electron chi connectivity index (χ0n) is 29.0. The lowest BCUT2D eigenvalue weighted by molar-refractivity contribution is 0.443. The van der Waals surface area contributed by atoms with Gasteiger partial charge in [-0.1, -0.05) is 154 Å². The van der Waals surface area contributed by atoms with E-state index in [4.69, 9.17) is 0 Å². The van der Waals surface area contributed by atoms with E-state index >= 15 is 0 Å². The molecule has 50 heavy (non-hydrogen) atoms. The topological polar surface area (TPSA) is 3.24 Å². The summed E-state index contributed by atoms with van der Waals surface area (Å²) in [4.78, 5) is 2.68. The molecule has 0 N–H and O–H groups in total. The first-order valence-corrected chi connectivity index (χ1v) is 19.3. The average molecular weight is 648 g/mol. The normalized spacial score (nSPS) is 17.6. The van der Waals surface area contributed by atoms with E-state index in [9.17, 15) is 0 Å². The minimum Gasteiger partial charge on any atom is -0.310 e. The molecule has 0 saturated heterocycles. The summed E-state index contributed by atoms with van der Waals surface area (Å²) in [6.45, 7) is 0. The Labute approximate surface area is 297 Å². The zero-order chi connectivity index (χ0) is 33.1. The van der Waals surface area contributed by atoms with Crippen LogP contribution in [0, 0.1) is 0 Å². The second kappa shape index (κ2) is 12.2. The number of benzene rings is 6. The molecule has 0 aliphatic heterocycles. The second-order valence-corrected chi connectivity index (χ2v) is 15.2. The van der Waals surface area contributed by atoms with Gasteiger partial charge in [0, 0.05) is 17.1 Å². The summed E-state index contributed by atoms with van der Waals surface area (Å²) in [5.41, 5.74) is 17.7. The van der Waals surface area contributed by atoms with E-state index in [1.807, 2.05) is 0 Å². The summed E-state index contributed by atoms with van der Waals surface area (Å²) in [6, 6.07) is 53.8. The Morgan fingerprint density at radius 3 is 1.26 bits per heavy atom. The van der Waals surface area contributed by atoms with Gasteiger partial charge < -0.3 is 4.90 Å². The van der Waals surface area contributed by atoms with Gasteiger partial charge in [-0.15, -0.1) is 0 Å². The fourth-order valence-corrected chi connectivity index (χ4v) is 10.5. The third kappa shape index (κ3) is 4.45. The molecule has 10 rings (SSSR count). The number of nitrogens with zero attached hydrogens (tertiary/aromatic N) is 1. The molecule has 2 fully saturated rings. The Kier molecular flexibility index (Phi) is 7.30. The van der Waals surface area contributed by atoms with E-state index in [-0.39, 0.29) is 5.41 Å². The van der Waals surface area contributed by atoms with Crippen LogP contribution >= 0.6 is 0 Å². The third-order valence-electron chi connectivity index (χ3n) is 12.7. The number of anilines is 3. The third-order valence-corrected chi connectivity index (χ3v) is 12.7. The molecule has 6 aromatic rings. The van der Waals surface area contributed by atoms with Crippen LogP contribution in [0.1, 0.15) is 109 Å². The standard InChI is InChI=1S/C49H45N/c1-3-17-34(18-4-1)37-21-10-15-29-47(37)50(48-30-16-11-22-38(48)35-19-5-2-6-20-35)36-31-32-42-41-25-9-14-28-45(41)49(46(42)33-36)43-26-12-7-23-39(43)40-24-8-13-27-44(40)49/h7-16,21-35H,1-6,17-20H2. The Balaban J connectivity index is 1.24. The van der Waals surface area contributed by atoms with Crippen molar-refractivity contribution in [3.63, 3.8) is 0 Å². The molecule has 1 spiro atoms. The van der Waals surface area contributed by atoms with Gasteiger partial charge in [-0.2, -0.15) is 0 Å². The Bertz CT molecular complexity index is 2090. The lowest BCUT2D eigenvalue weighted by Gasteiger charge is -2.36. The van der Waals surface area contributed by atoms with Gasteiger partial charge in [-0.25, -0.2) is 0 Å². The first kappa shape index (κ1) is 30.0. The minimum atomic E-state index is -0.355. The maximum Gasteiger partial charge on any atom is 0.0726 e. The number of para-hydroxylation sites is 2. The van der Waals surface area contributed by atoms with Gasteiger partial charge in [-0.05, 0) is 117 Å². The van der Waals surface area contributed by atoms with E-state index in [1.165, 1.54) is 137 Å². The van der Waals surface area contributed by atoms with Gasteiger partial charge in [0.25, 0.3) is 0 Å². The van der Waals surface area contributed by atoms with Crippen molar-refractivity contribution in [1.29, 1.82) is 0 Å². The van der Waals surface area contributed by atoms with Crippen LogP contribution in [0.3, 0.4) is 0 Å². The molecule has 4 aliphatic carbocycles. The van der Waals surface area contributed by atoms with E-state index in [2.05, 4.69) is 144 Å². The molecule has 0 aromatic heterocycles. The molecule has 0 bridgehead atoms. The van der Waals surface area contributed by atoms with Gasteiger partial charge >= 0.3 is 0 Å². The fraction of sp³-hybridized carbons (Fsp3) is 0.265. The Morgan fingerprint density at radius 1 is 0.380 bits per heavy atom. The number of hydrogen-bond donors (Lipinski definition) is 0. The van der Waals surface area contributed by atoms with Crippen LogP contribution in [0.15, 0.2) is 140 Å². The summed E-state index contributed by atoms with van der Waals surface area (Å²) in [5, 5.41) is 0. The SMILES string of the molecule is c1ccc2c(c1)-c1ccccc1C21c2ccccc2-c2ccc(N(c3ccccc3C3CCCCC3)c3ccccc3C3CCCCC3)cc21. The summed E-state index contributed by atoms with van der Waals surface area (Å²) in [5.74, 6) is 1.20. The molecule has 6 aromatic carbocycles. The van der Waals surface area contributed by atoms with Gasteiger partial charge in [0.1, 0.15) is 0 Å². The van der Waals surface area contributed by atoms with Crippen molar-refractivity contribution in [3.05, 3.63) is 173 Å². The predicted molar refractivity (Wildman–Crippen MR) is 209 cm³/mol. The average Bonchev–Trinajstić information content (AvgIpc) is 3.66. The Hall–Kier alpha value is -4.88. The lowest BCUT2D eigenvalue weighted by Crippen LogP contribution is -2.26. The van der Waals surface area contributed by atoms with Crippen molar-refractivity contribution < 1.29 is 0 Å². The van der Waals surface area contributed by atoms with Crippen LogP contribution in [0.5, 0.6) is 0 Å². The molecular weight excluding hydrogens is 603 g/mol. The fourth-order valence-electron chi connectivity index (χ4n) is 10.5. The Morgan fingerprint density at radius 2 is 0.780 bits per heavy atom. The highest BCUT2D eigenvalue weighted by atomic mass is 15.1. The van der Waals surface area contributed by atoms with Crippen LogP contribution < -0.4 is 4.90 Å². The smallest absolute Gasteiger partial charge is 0.0726 e. The van der Waals surface area contributed by atoms with E-state index in [0.717, 1.165) is 0 Å². The highest BCUT2D eigenvalue weighted by molar-refractivity contribution is 5.96.